The predicted molar refractivity (Wildman–Crippen MR) is 98.1 cm³/mol. The van der Waals surface area contributed by atoms with E-state index in [0.717, 1.165) is 47.6 Å². The fraction of sp³-hybridized carbons (Fsp3) is 0.412. The van der Waals surface area contributed by atoms with Gasteiger partial charge in [0, 0.05) is 37.1 Å². The summed E-state index contributed by atoms with van der Waals surface area (Å²) in [7, 11) is 3.94. The van der Waals surface area contributed by atoms with Crippen LogP contribution in [-0.4, -0.2) is 44.1 Å². The lowest BCUT2D eigenvalue weighted by atomic mass is 10.1. The van der Waals surface area contributed by atoms with Crippen LogP contribution in [0, 0.1) is 13.8 Å². The number of fused-ring (bicyclic) bond motifs is 2. The van der Waals surface area contributed by atoms with Crippen LogP contribution in [0.1, 0.15) is 32.3 Å². The second kappa shape index (κ2) is 5.89. The van der Waals surface area contributed by atoms with E-state index in [1.807, 2.05) is 27.0 Å². The molecule has 7 nitrogen and oxygen atoms in total. The van der Waals surface area contributed by atoms with E-state index in [1.54, 1.807) is 16.0 Å². The number of amides is 1. The molecule has 4 heterocycles. The highest BCUT2D eigenvalue weighted by molar-refractivity contribution is 7.15. The third-order valence-corrected chi connectivity index (χ3v) is 5.48. The number of pyridine rings is 1. The van der Waals surface area contributed by atoms with Crippen LogP contribution in [0.3, 0.4) is 0 Å². The first kappa shape index (κ1) is 16.2. The molecule has 0 atom stereocenters. The first-order chi connectivity index (χ1) is 11.9. The highest BCUT2D eigenvalue weighted by Gasteiger charge is 2.22. The largest absolute Gasteiger partial charge is 0.301 e. The molecule has 3 aromatic rings. The van der Waals surface area contributed by atoms with Gasteiger partial charge in [-0.25, -0.2) is 9.97 Å². The topological polar surface area (TPSA) is 75.9 Å². The van der Waals surface area contributed by atoms with Gasteiger partial charge in [-0.15, -0.1) is 11.3 Å². The van der Waals surface area contributed by atoms with Crippen molar-refractivity contribution in [3.8, 4) is 0 Å². The summed E-state index contributed by atoms with van der Waals surface area (Å²) in [6, 6.07) is 1.81. The van der Waals surface area contributed by atoms with Crippen LogP contribution in [0.2, 0.25) is 0 Å². The monoisotopic (exact) mass is 356 g/mol. The third-order valence-electron chi connectivity index (χ3n) is 4.48. The van der Waals surface area contributed by atoms with Gasteiger partial charge >= 0.3 is 0 Å². The Morgan fingerprint density at radius 2 is 2.08 bits per heavy atom. The molecule has 0 radical (unpaired) electrons. The van der Waals surface area contributed by atoms with Crippen molar-refractivity contribution in [2.45, 2.75) is 26.8 Å². The molecule has 130 valence electrons. The zero-order valence-electron chi connectivity index (χ0n) is 14.8. The lowest BCUT2D eigenvalue weighted by molar-refractivity contribution is 0.102. The summed E-state index contributed by atoms with van der Waals surface area (Å²) in [5.41, 5.74) is 4.02. The zero-order valence-corrected chi connectivity index (χ0v) is 15.6. The van der Waals surface area contributed by atoms with Crippen LogP contribution >= 0.6 is 11.3 Å². The van der Waals surface area contributed by atoms with Gasteiger partial charge in [-0.1, -0.05) is 0 Å². The molecule has 8 heteroatoms. The maximum Gasteiger partial charge on any atom is 0.258 e. The molecular weight excluding hydrogens is 336 g/mol. The van der Waals surface area contributed by atoms with Gasteiger partial charge in [0.05, 0.1) is 22.3 Å². The Morgan fingerprint density at radius 1 is 1.28 bits per heavy atom. The van der Waals surface area contributed by atoms with Gasteiger partial charge in [-0.05, 0) is 27.0 Å². The van der Waals surface area contributed by atoms with Gasteiger partial charge in [0.1, 0.15) is 0 Å². The average Bonchev–Trinajstić information content (AvgIpc) is 3.06. The predicted octanol–water partition coefficient (Wildman–Crippen LogP) is 2.28. The number of hydrogen-bond donors (Lipinski definition) is 1. The van der Waals surface area contributed by atoms with E-state index in [9.17, 15) is 4.79 Å². The minimum absolute atomic E-state index is 0.161. The number of nitrogens with one attached hydrogen (secondary N) is 1. The van der Waals surface area contributed by atoms with Crippen molar-refractivity contribution in [3.05, 3.63) is 33.6 Å². The highest BCUT2D eigenvalue weighted by atomic mass is 32.1. The van der Waals surface area contributed by atoms with Crippen LogP contribution in [0.25, 0.3) is 11.0 Å². The fourth-order valence-electron chi connectivity index (χ4n) is 3.29. The van der Waals surface area contributed by atoms with E-state index in [-0.39, 0.29) is 5.91 Å². The smallest absolute Gasteiger partial charge is 0.258 e. The molecule has 1 aliphatic heterocycles. The minimum Gasteiger partial charge on any atom is -0.301 e. The standard InChI is InChI=1S/C17H20N6OS/c1-9-7-11(14-10(2)21-23(4)15(14)18-9)16(24)20-17-19-12-5-6-22(3)8-13(12)25-17/h7H,5-6,8H2,1-4H3,(H,19,20,24). The van der Waals surface area contributed by atoms with Gasteiger partial charge < -0.3 is 4.90 Å². The first-order valence-electron chi connectivity index (χ1n) is 8.22. The van der Waals surface area contributed by atoms with Crippen molar-refractivity contribution in [2.75, 3.05) is 18.9 Å². The summed E-state index contributed by atoms with van der Waals surface area (Å²) in [4.78, 5) is 25.5. The molecule has 0 bridgehead atoms. The van der Waals surface area contributed by atoms with E-state index >= 15 is 0 Å². The quantitative estimate of drug-likeness (QED) is 0.762. The molecule has 0 aromatic carbocycles. The number of carbonyl (C=O) groups excluding carboxylic acids is 1. The molecule has 0 spiro atoms. The Labute approximate surface area is 149 Å². The number of hydrogen-bond acceptors (Lipinski definition) is 6. The third kappa shape index (κ3) is 2.81. The lowest BCUT2D eigenvalue weighted by Crippen LogP contribution is -2.25. The van der Waals surface area contributed by atoms with E-state index < -0.39 is 0 Å². The molecule has 1 aliphatic rings. The number of aromatic nitrogens is 4. The second-order valence-electron chi connectivity index (χ2n) is 6.55. The lowest BCUT2D eigenvalue weighted by Gasteiger charge is -2.20. The molecule has 0 unspecified atom stereocenters. The second-order valence-corrected chi connectivity index (χ2v) is 7.63. The fourth-order valence-corrected chi connectivity index (χ4v) is 4.37. The summed E-state index contributed by atoms with van der Waals surface area (Å²) in [5, 5.41) is 8.83. The maximum absolute atomic E-state index is 12.9. The van der Waals surface area contributed by atoms with Crippen molar-refractivity contribution in [2.24, 2.45) is 7.05 Å². The Bertz CT molecular complexity index is 989. The average molecular weight is 356 g/mol. The number of nitrogens with zero attached hydrogens (tertiary/aromatic N) is 5. The summed E-state index contributed by atoms with van der Waals surface area (Å²) >= 11 is 1.56. The van der Waals surface area contributed by atoms with Gasteiger partial charge in [0.25, 0.3) is 5.91 Å². The molecular formula is C17H20N6OS. The van der Waals surface area contributed by atoms with E-state index in [1.165, 1.54) is 4.88 Å². The van der Waals surface area contributed by atoms with E-state index in [2.05, 4.69) is 32.3 Å². The molecule has 4 rings (SSSR count). The Morgan fingerprint density at radius 3 is 2.88 bits per heavy atom. The highest BCUT2D eigenvalue weighted by Crippen LogP contribution is 2.29. The van der Waals surface area contributed by atoms with Crippen molar-refractivity contribution in [3.63, 3.8) is 0 Å². The van der Waals surface area contributed by atoms with Crippen molar-refractivity contribution >= 4 is 33.4 Å². The van der Waals surface area contributed by atoms with Crippen molar-refractivity contribution in [1.82, 2.24) is 24.6 Å². The normalized spacial score (nSPS) is 14.7. The van der Waals surface area contributed by atoms with Crippen LogP contribution in [0.15, 0.2) is 6.07 Å². The maximum atomic E-state index is 12.9. The first-order valence-corrected chi connectivity index (χ1v) is 9.03. The van der Waals surface area contributed by atoms with Gasteiger partial charge in [-0.2, -0.15) is 5.10 Å². The Balaban J connectivity index is 1.69. The van der Waals surface area contributed by atoms with Crippen molar-refractivity contribution < 1.29 is 4.79 Å². The number of thiazole rings is 1. The van der Waals surface area contributed by atoms with Crippen LogP contribution < -0.4 is 5.32 Å². The van der Waals surface area contributed by atoms with Gasteiger partial charge in [0.2, 0.25) is 0 Å². The molecule has 0 aliphatic carbocycles. The molecule has 3 aromatic heterocycles. The summed E-state index contributed by atoms with van der Waals surface area (Å²) in [6.07, 6.45) is 0.929. The summed E-state index contributed by atoms with van der Waals surface area (Å²) in [6.45, 7) is 5.68. The van der Waals surface area contributed by atoms with Crippen LogP contribution in [-0.2, 0) is 20.0 Å². The molecule has 25 heavy (non-hydrogen) atoms. The number of likely N-dealkylation sites (N-methyl/N-ethyl adjacent to an activating group) is 1. The Hall–Kier alpha value is -2.32. The molecule has 0 saturated carbocycles. The van der Waals surface area contributed by atoms with Crippen molar-refractivity contribution in [1.29, 1.82) is 0 Å². The number of rotatable bonds is 2. The number of carbonyl (C=O) groups is 1. The van der Waals surface area contributed by atoms with Crippen LogP contribution in [0.4, 0.5) is 5.13 Å². The SMILES string of the molecule is Cc1cc(C(=O)Nc2nc3c(s2)CN(C)CC3)c2c(C)nn(C)c2n1. The number of aryl methyl sites for hydroxylation is 3. The zero-order chi connectivity index (χ0) is 17.7. The summed E-state index contributed by atoms with van der Waals surface area (Å²) in [5.74, 6) is -0.161. The minimum atomic E-state index is -0.161. The Kier molecular flexibility index (Phi) is 3.81. The molecule has 0 saturated heterocycles. The number of anilines is 1. The van der Waals surface area contributed by atoms with E-state index in [4.69, 9.17) is 0 Å². The molecule has 1 amide bonds. The van der Waals surface area contributed by atoms with E-state index in [0.29, 0.717) is 10.7 Å². The van der Waals surface area contributed by atoms with Gasteiger partial charge in [-0.3, -0.25) is 14.8 Å². The van der Waals surface area contributed by atoms with Crippen LogP contribution in [0.5, 0.6) is 0 Å². The van der Waals surface area contributed by atoms with Gasteiger partial charge in [0.15, 0.2) is 10.8 Å². The summed E-state index contributed by atoms with van der Waals surface area (Å²) < 4.78 is 1.71. The molecule has 1 N–H and O–H groups in total. The molecule has 0 fully saturated rings.